The molecule has 2 amide bonds. The third-order valence-electron chi connectivity index (χ3n) is 4.47. The molecule has 0 bridgehead atoms. The van der Waals surface area contributed by atoms with Crippen molar-refractivity contribution >= 4 is 11.8 Å². The molecule has 0 saturated heterocycles. The molecule has 5 nitrogen and oxygen atoms in total. The van der Waals surface area contributed by atoms with Crippen LogP contribution >= 0.6 is 0 Å². The number of aromatic nitrogens is 1. The van der Waals surface area contributed by atoms with Crippen LogP contribution < -0.4 is 10.6 Å². The number of halogens is 3. The molecular weight excluding hydrogens is 407 g/mol. The lowest BCUT2D eigenvalue weighted by Gasteiger charge is -2.10. The second-order valence-corrected chi connectivity index (χ2v) is 6.76. The van der Waals surface area contributed by atoms with Gasteiger partial charge in [0.15, 0.2) is 0 Å². The smallest absolute Gasteiger partial charge is 0.354 e. The number of amides is 2. The number of hydrogen-bond acceptors (Lipinski definition) is 3. The number of nitrogens with zero attached hydrogens (tertiary/aromatic N) is 1. The summed E-state index contributed by atoms with van der Waals surface area (Å²) in [6, 6.07) is 16.6. The maximum atomic E-state index is 12.9. The van der Waals surface area contributed by atoms with E-state index in [2.05, 4.69) is 15.6 Å². The van der Waals surface area contributed by atoms with Crippen molar-refractivity contribution in [3.63, 3.8) is 0 Å². The molecule has 0 fully saturated rings. The molecule has 2 aromatic carbocycles. The van der Waals surface area contributed by atoms with Crippen LogP contribution in [0.5, 0.6) is 0 Å². The lowest BCUT2D eigenvalue weighted by Crippen LogP contribution is -2.35. The molecule has 0 radical (unpaired) electrons. The fourth-order valence-electron chi connectivity index (χ4n) is 2.90. The first-order valence-corrected chi connectivity index (χ1v) is 9.55. The molecule has 3 aromatic rings. The molecule has 1 aromatic heterocycles. The van der Waals surface area contributed by atoms with Gasteiger partial charge in [0.05, 0.1) is 12.0 Å². The van der Waals surface area contributed by atoms with E-state index < -0.39 is 11.7 Å². The highest BCUT2D eigenvalue weighted by Crippen LogP contribution is 2.32. The molecule has 0 atom stereocenters. The van der Waals surface area contributed by atoms with Crippen LogP contribution in [0.2, 0.25) is 0 Å². The average molecular weight is 427 g/mol. The average Bonchev–Trinajstić information content (AvgIpc) is 2.77. The minimum Gasteiger partial charge on any atom is -0.354 e. The van der Waals surface area contributed by atoms with Crippen molar-refractivity contribution in [2.45, 2.75) is 12.6 Å². The summed E-state index contributed by atoms with van der Waals surface area (Å²) in [5, 5.41) is 5.39. The van der Waals surface area contributed by atoms with Gasteiger partial charge in [-0.2, -0.15) is 13.2 Å². The first-order valence-electron chi connectivity index (χ1n) is 9.55. The Morgan fingerprint density at radius 3 is 2.26 bits per heavy atom. The summed E-state index contributed by atoms with van der Waals surface area (Å²) in [6.45, 7) is 0.502. The Hall–Kier alpha value is -3.68. The van der Waals surface area contributed by atoms with Gasteiger partial charge in [-0.3, -0.25) is 14.6 Å². The van der Waals surface area contributed by atoms with Gasteiger partial charge in [0.25, 0.3) is 5.91 Å². The predicted molar refractivity (Wildman–Crippen MR) is 110 cm³/mol. The standard InChI is InChI=1S/C23H20F3N3O2/c24-23(25,26)19-5-3-4-18(14-19)16-7-9-17(10-8-16)22(31)29-13-12-28-21(30)15-20-6-1-2-11-27-20/h1-11,14H,12-13,15H2,(H,28,30)(H,29,31). The first kappa shape index (κ1) is 22.0. The van der Waals surface area contributed by atoms with Crippen LogP contribution in [0.25, 0.3) is 11.1 Å². The normalized spacial score (nSPS) is 11.1. The van der Waals surface area contributed by atoms with Crippen LogP contribution in [-0.2, 0) is 17.4 Å². The monoisotopic (exact) mass is 427 g/mol. The van der Waals surface area contributed by atoms with Crippen molar-refractivity contribution in [3.8, 4) is 11.1 Å². The predicted octanol–water partition coefficient (Wildman–Crippen LogP) is 3.86. The second-order valence-electron chi connectivity index (χ2n) is 6.76. The van der Waals surface area contributed by atoms with E-state index in [1.807, 2.05) is 0 Å². The number of carbonyl (C=O) groups is 2. The summed E-state index contributed by atoms with van der Waals surface area (Å²) in [5.74, 6) is -0.534. The SMILES string of the molecule is O=C(Cc1ccccn1)NCCNC(=O)c1ccc(-c2cccc(C(F)(F)F)c2)cc1. The molecule has 0 saturated carbocycles. The lowest BCUT2D eigenvalue weighted by atomic mass is 10.0. The molecule has 8 heteroatoms. The van der Waals surface area contributed by atoms with Gasteiger partial charge in [0.1, 0.15) is 0 Å². The van der Waals surface area contributed by atoms with E-state index in [9.17, 15) is 22.8 Å². The Morgan fingerprint density at radius 1 is 0.839 bits per heavy atom. The van der Waals surface area contributed by atoms with Crippen molar-refractivity contribution in [2.75, 3.05) is 13.1 Å². The van der Waals surface area contributed by atoms with Gasteiger partial charge in [-0.15, -0.1) is 0 Å². The van der Waals surface area contributed by atoms with E-state index in [-0.39, 0.29) is 31.3 Å². The Bertz CT molecular complexity index is 1040. The summed E-state index contributed by atoms with van der Waals surface area (Å²) in [5.41, 5.74) is 1.29. The molecule has 0 spiro atoms. The van der Waals surface area contributed by atoms with E-state index in [0.29, 0.717) is 22.4 Å². The van der Waals surface area contributed by atoms with Crippen LogP contribution in [-0.4, -0.2) is 29.9 Å². The van der Waals surface area contributed by atoms with E-state index >= 15 is 0 Å². The van der Waals surface area contributed by atoms with Gasteiger partial charge in [0.2, 0.25) is 5.91 Å². The third kappa shape index (κ3) is 6.40. The first-order chi connectivity index (χ1) is 14.8. The highest BCUT2D eigenvalue weighted by Gasteiger charge is 2.30. The van der Waals surface area contributed by atoms with Crippen molar-refractivity contribution in [3.05, 3.63) is 89.7 Å². The van der Waals surface area contributed by atoms with Crippen molar-refractivity contribution in [2.24, 2.45) is 0 Å². The van der Waals surface area contributed by atoms with Crippen molar-refractivity contribution in [1.82, 2.24) is 15.6 Å². The largest absolute Gasteiger partial charge is 0.416 e. The molecule has 0 aliphatic rings. The fraction of sp³-hybridized carbons (Fsp3) is 0.174. The zero-order chi connectivity index (χ0) is 22.3. The van der Waals surface area contributed by atoms with E-state index in [1.54, 1.807) is 54.7 Å². The number of alkyl halides is 3. The molecule has 2 N–H and O–H groups in total. The summed E-state index contributed by atoms with van der Waals surface area (Å²) in [7, 11) is 0. The Labute approximate surface area is 177 Å². The van der Waals surface area contributed by atoms with Gasteiger partial charge >= 0.3 is 6.18 Å². The molecule has 31 heavy (non-hydrogen) atoms. The second kappa shape index (κ2) is 9.88. The van der Waals surface area contributed by atoms with Crippen LogP contribution in [0.1, 0.15) is 21.6 Å². The number of rotatable bonds is 7. The van der Waals surface area contributed by atoms with Crippen molar-refractivity contribution < 1.29 is 22.8 Å². The lowest BCUT2D eigenvalue weighted by molar-refractivity contribution is -0.137. The molecular formula is C23H20F3N3O2. The highest BCUT2D eigenvalue weighted by atomic mass is 19.4. The number of pyridine rings is 1. The van der Waals surface area contributed by atoms with E-state index in [0.717, 1.165) is 12.1 Å². The van der Waals surface area contributed by atoms with Crippen LogP contribution in [0, 0.1) is 0 Å². The summed E-state index contributed by atoms with van der Waals surface area (Å²) >= 11 is 0. The Kier molecular flexibility index (Phi) is 7.02. The minimum absolute atomic E-state index is 0.159. The van der Waals surface area contributed by atoms with Gasteiger partial charge in [-0.1, -0.05) is 30.3 Å². The highest BCUT2D eigenvalue weighted by molar-refractivity contribution is 5.94. The van der Waals surface area contributed by atoms with Crippen molar-refractivity contribution in [1.29, 1.82) is 0 Å². The van der Waals surface area contributed by atoms with E-state index in [1.165, 1.54) is 6.07 Å². The fourth-order valence-corrected chi connectivity index (χ4v) is 2.90. The van der Waals surface area contributed by atoms with E-state index in [4.69, 9.17) is 0 Å². The van der Waals surface area contributed by atoms with Gasteiger partial charge in [0, 0.05) is 30.5 Å². The molecule has 0 aliphatic heterocycles. The molecule has 0 aliphatic carbocycles. The molecule has 1 heterocycles. The zero-order valence-electron chi connectivity index (χ0n) is 16.4. The maximum absolute atomic E-state index is 12.9. The van der Waals surface area contributed by atoms with Crippen LogP contribution in [0.3, 0.4) is 0 Å². The topological polar surface area (TPSA) is 71.1 Å². The Balaban J connectivity index is 1.49. The summed E-state index contributed by atoms with van der Waals surface area (Å²) in [4.78, 5) is 28.2. The van der Waals surface area contributed by atoms with Crippen LogP contribution in [0.15, 0.2) is 72.9 Å². The van der Waals surface area contributed by atoms with Gasteiger partial charge in [-0.25, -0.2) is 0 Å². The quantitative estimate of drug-likeness (QED) is 0.563. The Morgan fingerprint density at radius 2 is 1.58 bits per heavy atom. The summed E-state index contributed by atoms with van der Waals surface area (Å²) in [6.07, 6.45) is -2.64. The molecule has 0 unspecified atom stereocenters. The maximum Gasteiger partial charge on any atom is 0.416 e. The van der Waals surface area contributed by atoms with Gasteiger partial charge in [-0.05, 0) is 47.5 Å². The zero-order valence-corrected chi connectivity index (χ0v) is 16.4. The number of benzene rings is 2. The number of carbonyl (C=O) groups excluding carboxylic acids is 2. The number of nitrogens with one attached hydrogen (secondary N) is 2. The molecule has 3 rings (SSSR count). The molecule has 160 valence electrons. The third-order valence-corrected chi connectivity index (χ3v) is 4.47. The van der Waals surface area contributed by atoms with Gasteiger partial charge < -0.3 is 10.6 Å². The number of hydrogen-bond donors (Lipinski definition) is 2. The summed E-state index contributed by atoms with van der Waals surface area (Å²) < 4.78 is 38.6. The minimum atomic E-state index is -4.41. The van der Waals surface area contributed by atoms with Crippen LogP contribution in [0.4, 0.5) is 13.2 Å².